The maximum Gasteiger partial charge on any atom is 0.416 e. The lowest BCUT2D eigenvalue weighted by Gasteiger charge is -2.19. The quantitative estimate of drug-likeness (QED) is 0.636. The molecule has 0 unspecified atom stereocenters. The zero-order valence-corrected chi connectivity index (χ0v) is 15.3. The number of carbonyl (C=O) groups is 1. The lowest BCUT2D eigenvalue weighted by molar-refractivity contribution is -0.137. The van der Waals surface area contributed by atoms with Crippen LogP contribution in [0.2, 0.25) is 0 Å². The number of halogens is 3. The van der Waals surface area contributed by atoms with E-state index in [-0.39, 0.29) is 12.5 Å². The van der Waals surface area contributed by atoms with Gasteiger partial charge in [0, 0.05) is 6.20 Å². The van der Waals surface area contributed by atoms with Crippen LogP contribution < -0.4 is 4.74 Å². The number of aromatic nitrogens is 1. The fraction of sp³-hybridized carbons (Fsp3) is 0.182. The smallest absolute Gasteiger partial charge is 0.416 e. The molecule has 0 bridgehead atoms. The maximum absolute atomic E-state index is 13.0. The SMILES string of the molecule is O=C1c2ccc(-c3cccc(C(F)(F)F)c3)cc2OCCN1Cc1ccccn1. The predicted octanol–water partition coefficient (Wildman–Crippen LogP) is 4.80. The van der Waals surface area contributed by atoms with Gasteiger partial charge < -0.3 is 9.64 Å². The average molecular weight is 398 g/mol. The molecule has 1 aliphatic heterocycles. The van der Waals surface area contributed by atoms with E-state index in [0.717, 1.165) is 17.8 Å². The van der Waals surface area contributed by atoms with E-state index in [0.29, 0.717) is 35.5 Å². The molecular formula is C22H17F3N2O2. The summed E-state index contributed by atoms with van der Waals surface area (Å²) in [5.41, 5.74) is 1.40. The van der Waals surface area contributed by atoms with Gasteiger partial charge in [0.05, 0.1) is 29.9 Å². The average Bonchev–Trinajstić information content (AvgIpc) is 2.87. The number of pyridine rings is 1. The molecule has 2 heterocycles. The number of hydrogen-bond acceptors (Lipinski definition) is 3. The van der Waals surface area contributed by atoms with Gasteiger partial charge in [-0.05, 0) is 47.5 Å². The molecule has 0 saturated heterocycles. The Labute approximate surface area is 165 Å². The lowest BCUT2D eigenvalue weighted by atomic mass is 10.0. The molecule has 29 heavy (non-hydrogen) atoms. The van der Waals surface area contributed by atoms with Crippen molar-refractivity contribution >= 4 is 5.91 Å². The van der Waals surface area contributed by atoms with E-state index in [1.54, 1.807) is 35.4 Å². The monoisotopic (exact) mass is 398 g/mol. The van der Waals surface area contributed by atoms with Gasteiger partial charge in [-0.3, -0.25) is 9.78 Å². The summed E-state index contributed by atoms with van der Waals surface area (Å²) in [5, 5.41) is 0. The number of amides is 1. The second-order valence-corrected chi connectivity index (χ2v) is 6.69. The van der Waals surface area contributed by atoms with Crippen LogP contribution in [0.4, 0.5) is 13.2 Å². The van der Waals surface area contributed by atoms with E-state index >= 15 is 0 Å². The highest BCUT2D eigenvalue weighted by Gasteiger charge is 2.30. The first-order valence-electron chi connectivity index (χ1n) is 9.05. The van der Waals surface area contributed by atoms with Gasteiger partial charge in [0.2, 0.25) is 0 Å². The lowest BCUT2D eigenvalue weighted by Crippen LogP contribution is -2.32. The number of alkyl halides is 3. The molecular weight excluding hydrogens is 381 g/mol. The molecule has 148 valence electrons. The molecule has 0 saturated carbocycles. The molecule has 0 fully saturated rings. The van der Waals surface area contributed by atoms with Crippen molar-refractivity contribution in [2.75, 3.05) is 13.2 Å². The van der Waals surface area contributed by atoms with E-state index in [9.17, 15) is 18.0 Å². The van der Waals surface area contributed by atoms with Crippen LogP contribution in [0.25, 0.3) is 11.1 Å². The van der Waals surface area contributed by atoms with Crippen LogP contribution in [0.3, 0.4) is 0 Å². The minimum atomic E-state index is -4.42. The Morgan fingerprint density at radius 1 is 1.00 bits per heavy atom. The van der Waals surface area contributed by atoms with Gasteiger partial charge in [0.25, 0.3) is 5.91 Å². The van der Waals surface area contributed by atoms with E-state index in [2.05, 4.69) is 4.98 Å². The van der Waals surface area contributed by atoms with E-state index in [4.69, 9.17) is 4.74 Å². The molecule has 0 N–H and O–H groups in total. The fourth-order valence-corrected chi connectivity index (χ4v) is 3.25. The minimum absolute atomic E-state index is 0.196. The molecule has 0 spiro atoms. The van der Waals surface area contributed by atoms with Crippen molar-refractivity contribution in [2.45, 2.75) is 12.7 Å². The summed E-state index contributed by atoms with van der Waals surface area (Å²) in [6.07, 6.45) is -2.75. The fourth-order valence-electron chi connectivity index (χ4n) is 3.25. The highest BCUT2D eigenvalue weighted by molar-refractivity contribution is 5.98. The summed E-state index contributed by atoms with van der Waals surface area (Å²) in [6.45, 7) is 1.04. The zero-order chi connectivity index (χ0) is 20.4. The molecule has 2 aromatic carbocycles. The number of benzene rings is 2. The Morgan fingerprint density at radius 2 is 1.83 bits per heavy atom. The second kappa shape index (κ2) is 7.58. The summed E-state index contributed by atoms with van der Waals surface area (Å²) in [4.78, 5) is 18.8. The number of nitrogens with zero attached hydrogens (tertiary/aromatic N) is 2. The Hall–Kier alpha value is -3.35. The first-order valence-corrected chi connectivity index (χ1v) is 9.05. The molecule has 0 aliphatic carbocycles. The standard InChI is InChI=1S/C22H17F3N2O2/c23-22(24,25)17-5-3-4-15(12-17)16-7-8-19-20(13-16)29-11-10-27(21(19)28)14-18-6-1-2-9-26-18/h1-9,12-13H,10-11,14H2. The summed E-state index contributed by atoms with van der Waals surface area (Å²) < 4.78 is 44.8. The van der Waals surface area contributed by atoms with Gasteiger partial charge in [0.15, 0.2) is 0 Å². The summed E-state index contributed by atoms with van der Waals surface area (Å²) in [5.74, 6) is 0.173. The summed E-state index contributed by atoms with van der Waals surface area (Å²) >= 11 is 0. The predicted molar refractivity (Wildman–Crippen MR) is 101 cm³/mol. The molecule has 7 heteroatoms. The van der Waals surface area contributed by atoms with Crippen molar-refractivity contribution in [1.82, 2.24) is 9.88 Å². The van der Waals surface area contributed by atoms with Crippen LogP contribution in [-0.2, 0) is 12.7 Å². The number of fused-ring (bicyclic) bond motifs is 1. The van der Waals surface area contributed by atoms with Gasteiger partial charge in [-0.2, -0.15) is 13.2 Å². The molecule has 0 radical (unpaired) electrons. The Bertz CT molecular complexity index is 1040. The van der Waals surface area contributed by atoms with Crippen LogP contribution in [-0.4, -0.2) is 28.9 Å². The molecule has 4 nitrogen and oxygen atoms in total. The number of rotatable bonds is 3. The number of hydrogen-bond donors (Lipinski definition) is 0. The van der Waals surface area contributed by atoms with E-state index in [1.165, 1.54) is 6.07 Å². The van der Waals surface area contributed by atoms with Crippen molar-refractivity contribution in [3.8, 4) is 16.9 Å². The normalized spacial score (nSPS) is 14.2. The molecule has 0 atom stereocenters. The molecule has 1 aromatic heterocycles. The van der Waals surface area contributed by atoms with Crippen molar-refractivity contribution in [1.29, 1.82) is 0 Å². The number of ether oxygens (including phenoxy) is 1. The van der Waals surface area contributed by atoms with Crippen LogP contribution >= 0.6 is 0 Å². The van der Waals surface area contributed by atoms with Gasteiger partial charge in [0.1, 0.15) is 12.4 Å². The van der Waals surface area contributed by atoms with Gasteiger partial charge >= 0.3 is 6.18 Å². The molecule has 4 rings (SSSR count). The van der Waals surface area contributed by atoms with Crippen LogP contribution in [0.15, 0.2) is 66.9 Å². The first-order chi connectivity index (χ1) is 13.9. The molecule has 3 aromatic rings. The van der Waals surface area contributed by atoms with Crippen molar-refractivity contribution in [3.05, 3.63) is 83.7 Å². The summed E-state index contributed by atoms with van der Waals surface area (Å²) in [7, 11) is 0. The molecule has 1 amide bonds. The Balaban J connectivity index is 1.63. The third kappa shape index (κ3) is 4.08. The largest absolute Gasteiger partial charge is 0.491 e. The van der Waals surface area contributed by atoms with E-state index < -0.39 is 11.7 Å². The highest BCUT2D eigenvalue weighted by atomic mass is 19.4. The zero-order valence-electron chi connectivity index (χ0n) is 15.3. The second-order valence-electron chi connectivity index (χ2n) is 6.69. The third-order valence-corrected chi connectivity index (χ3v) is 4.72. The minimum Gasteiger partial charge on any atom is -0.491 e. The van der Waals surface area contributed by atoms with Crippen molar-refractivity contribution in [2.24, 2.45) is 0 Å². The number of carbonyl (C=O) groups excluding carboxylic acids is 1. The van der Waals surface area contributed by atoms with E-state index in [1.807, 2.05) is 18.2 Å². The van der Waals surface area contributed by atoms with Gasteiger partial charge in [-0.15, -0.1) is 0 Å². The highest BCUT2D eigenvalue weighted by Crippen LogP contribution is 2.34. The van der Waals surface area contributed by atoms with Crippen molar-refractivity contribution < 1.29 is 22.7 Å². The van der Waals surface area contributed by atoms with Gasteiger partial charge in [-0.1, -0.05) is 24.3 Å². The Kier molecular flexibility index (Phi) is 4.96. The maximum atomic E-state index is 13.0. The van der Waals surface area contributed by atoms with Crippen LogP contribution in [0, 0.1) is 0 Å². The molecule has 1 aliphatic rings. The van der Waals surface area contributed by atoms with Crippen LogP contribution in [0.1, 0.15) is 21.6 Å². The first kappa shape index (κ1) is 19.0. The van der Waals surface area contributed by atoms with Crippen LogP contribution in [0.5, 0.6) is 5.75 Å². The third-order valence-electron chi connectivity index (χ3n) is 4.72. The Morgan fingerprint density at radius 3 is 2.59 bits per heavy atom. The topological polar surface area (TPSA) is 42.4 Å². The van der Waals surface area contributed by atoms with Gasteiger partial charge in [-0.25, -0.2) is 0 Å². The van der Waals surface area contributed by atoms with Crippen molar-refractivity contribution in [3.63, 3.8) is 0 Å². The summed E-state index contributed by atoms with van der Waals surface area (Å²) in [6, 6.07) is 15.5.